The van der Waals surface area contributed by atoms with Crippen molar-refractivity contribution in [3.63, 3.8) is 0 Å². The minimum absolute atomic E-state index is 0.0973. The fourth-order valence-corrected chi connectivity index (χ4v) is 6.34. The molecule has 1 amide bonds. The van der Waals surface area contributed by atoms with Crippen molar-refractivity contribution < 1.29 is 9.22 Å². The maximum Gasteiger partial charge on any atom is 0.227 e. The van der Waals surface area contributed by atoms with Crippen molar-refractivity contribution >= 4 is 14.2 Å². The molecule has 4 heteroatoms. The topological polar surface area (TPSA) is 38.3 Å². The Bertz CT molecular complexity index is 678. The van der Waals surface area contributed by atoms with Gasteiger partial charge < -0.3 is 9.74 Å². The van der Waals surface area contributed by atoms with Crippen LogP contribution in [0.2, 0.25) is 18.1 Å². The summed E-state index contributed by atoms with van der Waals surface area (Å²) in [6, 6.07) is 23.8. The van der Waals surface area contributed by atoms with E-state index in [1.165, 1.54) is 23.7 Å². The van der Waals surface area contributed by atoms with E-state index in [2.05, 4.69) is 38.2 Å². The highest BCUT2D eigenvalue weighted by atomic mass is 28.4. The third kappa shape index (κ3) is 6.61. The van der Waals surface area contributed by atoms with E-state index in [-0.39, 0.29) is 11.8 Å². The van der Waals surface area contributed by atoms with Gasteiger partial charge in [-0.1, -0.05) is 81.4 Å². The van der Waals surface area contributed by atoms with Crippen LogP contribution in [0, 0.1) is 0 Å². The molecule has 1 unspecified atom stereocenters. The molecule has 2 rings (SSSR count). The van der Waals surface area contributed by atoms with Crippen LogP contribution in [-0.4, -0.2) is 27.4 Å². The van der Waals surface area contributed by atoms with Crippen molar-refractivity contribution in [1.29, 1.82) is 0 Å². The lowest BCUT2D eigenvalue weighted by Gasteiger charge is -2.28. The Morgan fingerprint density at radius 1 is 0.929 bits per heavy atom. The number of carbonyl (C=O) groups is 1. The Morgan fingerprint density at radius 3 is 2.07 bits per heavy atom. The molecule has 2 aromatic rings. The SMILES string of the molecule is CC[Si](CC)(CC)OCCCNC(=O)C(Cc1ccccc1)c1ccccc1. The Labute approximate surface area is 171 Å². The summed E-state index contributed by atoms with van der Waals surface area (Å²) in [5.74, 6) is -0.0695. The van der Waals surface area contributed by atoms with Gasteiger partial charge in [-0.3, -0.25) is 4.79 Å². The second-order valence-corrected chi connectivity index (χ2v) is 12.2. The molecule has 0 saturated carbocycles. The van der Waals surface area contributed by atoms with Gasteiger partial charge in [0.2, 0.25) is 5.91 Å². The molecule has 0 bridgehead atoms. The molecule has 0 radical (unpaired) electrons. The Kier molecular flexibility index (Phi) is 9.45. The summed E-state index contributed by atoms with van der Waals surface area (Å²) in [4.78, 5) is 12.9. The first kappa shape index (κ1) is 22.4. The molecule has 0 saturated heterocycles. The second kappa shape index (κ2) is 11.8. The van der Waals surface area contributed by atoms with Gasteiger partial charge in [0, 0.05) is 13.2 Å². The molecule has 1 atom stereocenters. The number of hydrogen-bond acceptors (Lipinski definition) is 2. The molecule has 0 fully saturated rings. The number of nitrogens with one attached hydrogen (secondary N) is 1. The number of hydrogen-bond donors (Lipinski definition) is 1. The van der Waals surface area contributed by atoms with Crippen molar-refractivity contribution in [3.8, 4) is 0 Å². The molecule has 2 aromatic carbocycles. The molecule has 0 spiro atoms. The molecule has 1 N–H and O–H groups in total. The van der Waals surface area contributed by atoms with Crippen LogP contribution in [0.1, 0.15) is 44.2 Å². The van der Waals surface area contributed by atoms with Crippen molar-refractivity contribution in [2.24, 2.45) is 0 Å². The molecule has 3 nitrogen and oxygen atoms in total. The van der Waals surface area contributed by atoms with Crippen molar-refractivity contribution in [2.75, 3.05) is 13.2 Å². The van der Waals surface area contributed by atoms with Crippen LogP contribution in [0.4, 0.5) is 0 Å². The quantitative estimate of drug-likeness (QED) is 0.377. The lowest BCUT2D eigenvalue weighted by molar-refractivity contribution is -0.122. The van der Waals surface area contributed by atoms with Gasteiger partial charge in [-0.25, -0.2) is 0 Å². The first-order valence-electron chi connectivity index (χ1n) is 10.6. The predicted octanol–water partition coefficient (Wildman–Crippen LogP) is 5.54. The third-order valence-electron chi connectivity index (χ3n) is 5.76. The maximum absolute atomic E-state index is 12.9. The van der Waals surface area contributed by atoms with Crippen LogP contribution in [0.25, 0.3) is 0 Å². The zero-order valence-corrected chi connectivity index (χ0v) is 18.6. The van der Waals surface area contributed by atoms with Gasteiger partial charge in [-0.2, -0.15) is 0 Å². The van der Waals surface area contributed by atoms with Crippen molar-refractivity contribution in [1.82, 2.24) is 5.32 Å². The molecule has 0 heterocycles. The zero-order chi connectivity index (χ0) is 20.2. The Hall–Kier alpha value is -1.91. The normalized spacial score (nSPS) is 12.5. The van der Waals surface area contributed by atoms with Crippen LogP contribution in [0.5, 0.6) is 0 Å². The average Bonchev–Trinajstić information content (AvgIpc) is 2.76. The monoisotopic (exact) mass is 397 g/mol. The van der Waals surface area contributed by atoms with E-state index in [9.17, 15) is 4.79 Å². The number of rotatable bonds is 12. The van der Waals surface area contributed by atoms with E-state index < -0.39 is 8.32 Å². The summed E-state index contributed by atoms with van der Waals surface area (Å²) in [6.45, 7) is 8.15. The third-order valence-corrected chi connectivity index (χ3v) is 10.4. The molecule has 0 aliphatic carbocycles. The van der Waals surface area contributed by atoms with E-state index >= 15 is 0 Å². The zero-order valence-electron chi connectivity index (χ0n) is 17.6. The van der Waals surface area contributed by atoms with Gasteiger partial charge in [0.05, 0.1) is 5.92 Å². The molecule has 0 aromatic heterocycles. The maximum atomic E-state index is 12.9. The molecule has 0 aliphatic heterocycles. The highest BCUT2D eigenvalue weighted by molar-refractivity contribution is 6.73. The summed E-state index contributed by atoms with van der Waals surface area (Å²) < 4.78 is 6.29. The van der Waals surface area contributed by atoms with Gasteiger partial charge in [0.15, 0.2) is 8.32 Å². The van der Waals surface area contributed by atoms with E-state index in [1.807, 2.05) is 48.5 Å². The van der Waals surface area contributed by atoms with Crippen LogP contribution >= 0.6 is 0 Å². The second-order valence-electron chi connectivity index (χ2n) is 7.39. The Balaban J connectivity index is 1.90. The van der Waals surface area contributed by atoms with Gasteiger partial charge in [-0.15, -0.1) is 0 Å². The fraction of sp³-hybridized carbons (Fsp3) is 0.458. The first-order valence-corrected chi connectivity index (χ1v) is 13.2. The van der Waals surface area contributed by atoms with Crippen molar-refractivity contribution in [3.05, 3.63) is 71.8 Å². The number of benzene rings is 2. The fourth-order valence-electron chi connectivity index (χ4n) is 3.65. The summed E-state index contributed by atoms with van der Waals surface area (Å²) in [5.41, 5.74) is 2.24. The first-order chi connectivity index (χ1) is 13.6. The highest BCUT2D eigenvalue weighted by Crippen LogP contribution is 2.22. The predicted molar refractivity (Wildman–Crippen MR) is 120 cm³/mol. The van der Waals surface area contributed by atoms with Gasteiger partial charge >= 0.3 is 0 Å². The van der Waals surface area contributed by atoms with E-state index in [0.29, 0.717) is 13.0 Å². The van der Waals surface area contributed by atoms with Crippen molar-refractivity contribution in [2.45, 2.75) is 57.7 Å². The average molecular weight is 398 g/mol. The van der Waals surface area contributed by atoms with Crippen LogP contribution < -0.4 is 5.32 Å². The van der Waals surface area contributed by atoms with Gasteiger partial charge in [-0.05, 0) is 42.1 Å². The molecular weight excluding hydrogens is 362 g/mol. The van der Waals surface area contributed by atoms with E-state index in [1.54, 1.807) is 0 Å². The van der Waals surface area contributed by atoms with Crippen LogP contribution in [0.3, 0.4) is 0 Å². The summed E-state index contributed by atoms with van der Waals surface area (Å²) in [6.07, 6.45) is 1.58. The minimum atomic E-state index is -1.53. The lowest BCUT2D eigenvalue weighted by Crippen LogP contribution is -2.37. The van der Waals surface area contributed by atoms with Crippen LogP contribution in [-0.2, 0) is 15.6 Å². The van der Waals surface area contributed by atoms with Gasteiger partial charge in [0.1, 0.15) is 0 Å². The standard InChI is InChI=1S/C24H35NO2Si/c1-4-28(5-2,6-3)27-19-13-18-25-24(26)23(22-16-11-8-12-17-22)20-21-14-9-7-10-15-21/h7-12,14-17,23H,4-6,13,18-20H2,1-3H3,(H,25,26). The highest BCUT2D eigenvalue weighted by Gasteiger charge is 2.28. The van der Waals surface area contributed by atoms with E-state index in [0.717, 1.165) is 18.6 Å². The summed E-state index contributed by atoms with van der Waals surface area (Å²) >= 11 is 0. The minimum Gasteiger partial charge on any atom is -0.417 e. The smallest absolute Gasteiger partial charge is 0.227 e. The molecular formula is C24H35NO2Si. The van der Waals surface area contributed by atoms with E-state index in [4.69, 9.17) is 4.43 Å². The molecule has 28 heavy (non-hydrogen) atoms. The summed E-state index contributed by atoms with van der Waals surface area (Å²) in [5, 5.41) is 3.14. The van der Waals surface area contributed by atoms with Gasteiger partial charge in [0.25, 0.3) is 0 Å². The summed E-state index contributed by atoms with van der Waals surface area (Å²) in [7, 11) is -1.53. The Morgan fingerprint density at radius 2 is 1.50 bits per heavy atom. The lowest BCUT2D eigenvalue weighted by atomic mass is 9.91. The number of carbonyl (C=O) groups excluding carboxylic acids is 1. The molecule has 0 aliphatic rings. The number of amides is 1. The molecule has 152 valence electrons. The largest absolute Gasteiger partial charge is 0.417 e. The van der Waals surface area contributed by atoms with Crippen LogP contribution in [0.15, 0.2) is 60.7 Å².